The summed E-state index contributed by atoms with van der Waals surface area (Å²) in [5, 5.41) is 10.0. The molecule has 0 fully saturated rings. The molecular formula is C7H10N6O. The molecule has 14 heavy (non-hydrogen) atoms. The van der Waals surface area contributed by atoms with E-state index in [4.69, 9.17) is 10.2 Å². The van der Waals surface area contributed by atoms with Gasteiger partial charge in [0.2, 0.25) is 5.95 Å². The van der Waals surface area contributed by atoms with Gasteiger partial charge in [0.05, 0.1) is 0 Å². The molecule has 7 heteroatoms. The Bertz CT molecular complexity index is 419. The number of nitrogens with two attached hydrogens (primary N) is 1. The first-order valence-electron chi connectivity index (χ1n) is 4.16. The van der Waals surface area contributed by atoms with Crippen LogP contribution in [0.2, 0.25) is 0 Å². The minimum atomic E-state index is 0.0297. The van der Waals surface area contributed by atoms with Gasteiger partial charge in [0.25, 0.3) is 0 Å². The van der Waals surface area contributed by atoms with Gasteiger partial charge in [-0.15, -0.1) is 0 Å². The van der Waals surface area contributed by atoms with E-state index in [0.29, 0.717) is 5.95 Å². The van der Waals surface area contributed by atoms with Crippen LogP contribution < -0.4 is 11.1 Å². The van der Waals surface area contributed by atoms with Crippen molar-refractivity contribution in [3.05, 3.63) is 12.4 Å². The Balaban J connectivity index is 2.18. The maximum absolute atomic E-state index is 5.27. The molecule has 0 saturated carbocycles. The highest BCUT2D eigenvalue weighted by Gasteiger charge is 2.06. The molecule has 0 atom stereocenters. The molecule has 0 aliphatic heterocycles. The van der Waals surface area contributed by atoms with Crippen LogP contribution in [0.25, 0.3) is 0 Å². The average Bonchev–Trinajstić information content (AvgIpc) is 2.76. The Labute approximate surface area is 79.9 Å². The van der Waals surface area contributed by atoms with Gasteiger partial charge in [-0.1, -0.05) is 10.2 Å². The maximum atomic E-state index is 5.27. The normalized spacial score (nSPS) is 10.4. The van der Waals surface area contributed by atoms with Crippen molar-refractivity contribution in [1.29, 1.82) is 0 Å². The summed E-state index contributed by atoms with van der Waals surface area (Å²) in [6, 6.07) is 0.269. The standard InChI is InChI=1S/C7H10N6O/c1-2-13-4-3-9-6(13)10-7-12-11-5(8)14-7/h3-4H,2H2,1H3,(H2,8,11)(H,9,10,12). The van der Waals surface area contributed by atoms with E-state index < -0.39 is 0 Å². The minimum absolute atomic E-state index is 0.0297. The van der Waals surface area contributed by atoms with E-state index in [1.807, 2.05) is 17.7 Å². The third-order valence-electron chi connectivity index (χ3n) is 1.72. The lowest BCUT2D eigenvalue weighted by atomic mass is 10.7. The Kier molecular flexibility index (Phi) is 2.05. The van der Waals surface area contributed by atoms with Crippen molar-refractivity contribution in [3.8, 4) is 0 Å². The van der Waals surface area contributed by atoms with Gasteiger partial charge in [-0.2, -0.15) is 0 Å². The van der Waals surface area contributed by atoms with Crippen LogP contribution in [0.4, 0.5) is 18.0 Å². The van der Waals surface area contributed by atoms with E-state index in [1.165, 1.54) is 0 Å². The van der Waals surface area contributed by atoms with Crippen molar-refractivity contribution >= 4 is 18.0 Å². The topological polar surface area (TPSA) is 94.8 Å². The predicted octanol–water partition coefficient (Wildman–Crippen LogP) is 0.612. The fraction of sp³-hybridized carbons (Fsp3) is 0.286. The van der Waals surface area contributed by atoms with Crippen LogP contribution in [0.3, 0.4) is 0 Å². The summed E-state index contributed by atoms with van der Waals surface area (Å²) in [4.78, 5) is 4.07. The number of aryl methyl sites for hydroxylation is 1. The lowest BCUT2D eigenvalue weighted by Gasteiger charge is -2.02. The lowest BCUT2D eigenvalue weighted by molar-refractivity contribution is 0.590. The molecule has 0 spiro atoms. The second-order valence-corrected chi connectivity index (χ2v) is 2.61. The number of aromatic nitrogens is 4. The molecule has 0 aliphatic rings. The molecule has 3 N–H and O–H groups in total. The summed E-state index contributed by atoms with van der Waals surface area (Å²) in [6.07, 6.45) is 3.54. The Morgan fingerprint density at radius 2 is 2.43 bits per heavy atom. The van der Waals surface area contributed by atoms with E-state index >= 15 is 0 Å². The second kappa shape index (κ2) is 3.36. The molecule has 0 unspecified atom stereocenters. The molecule has 0 amide bonds. The summed E-state index contributed by atoms with van der Waals surface area (Å²) in [6.45, 7) is 2.82. The first kappa shape index (κ1) is 8.54. The SMILES string of the molecule is CCn1ccnc1Nc1nnc(N)o1. The smallest absolute Gasteiger partial charge is 0.323 e. The average molecular weight is 194 g/mol. The Morgan fingerprint density at radius 3 is 3.07 bits per heavy atom. The van der Waals surface area contributed by atoms with Crippen LogP contribution in [-0.2, 0) is 6.54 Å². The van der Waals surface area contributed by atoms with Crippen molar-refractivity contribution in [3.63, 3.8) is 0 Å². The molecule has 2 aromatic heterocycles. The third-order valence-corrected chi connectivity index (χ3v) is 1.72. The zero-order valence-corrected chi connectivity index (χ0v) is 7.64. The highest BCUT2D eigenvalue weighted by molar-refractivity contribution is 5.41. The van der Waals surface area contributed by atoms with Gasteiger partial charge >= 0.3 is 12.0 Å². The van der Waals surface area contributed by atoms with Crippen LogP contribution in [-0.4, -0.2) is 19.7 Å². The van der Waals surface area contributed by atoms with Gasteiger partial charge < -0.3 is 14.7 Å². The molecule has 7 nitrogen and oxygen atoms in total. The van der Waals surface area contributed by atoms with Gasteiger partial charge in [-0.25, -0.2) is 4.98 Å². The monoisotopic (exact) mass is 194 g/mol. The number of nitrogen functional groups attached to an aromatic ring is 1. The third kappa shape index (κ3) is 1.51. The predicted molar refractivity (Wildman–Crippen MR) is 49.9 cm³/mol. The molecule has 2 aromatic rings. The molecule has 0 radical (unpaired) electrons. The number of rotatable bonds is 3. The zero-order chi connectivity index (χ0) is 9.97. The van der Waals surface area contributed by atoms with E-state index in [1.54, 1.807) is 6.20 Å². The summed E-state index contributed by atoms with van der Waals surface area (Å²) in [7, 11) is 0. The number of anilines is 3. The first-order valence-corrected chi connectivity index (χ1v) is 4.16. The second-order valence-electron chi connectivity index (χ2n) is 2.61. The van der Waals surface area contributed by atoms with E-state index in [0.717, 1.165) is 6.54 Å². The quantitative estimate of drug-likeness (QED) is 0.743. The number of nitrogens with zero attached hydrogens (tertiary/aromatic N) is 4. The molecule has 2 rings (SSSR count). The summed E-state index contributed by atoms with van der Waals surface area (Å²) in [5.74, 6) is 0.649. The number of hydrogen-bond acceptors (Lipinski definition) is 6. The van der Waals surface area contributed by atoms with Crippen molar-refractivity contribution in [2.45, 2.75) is 13.5 Å². The highest BCUT2D eigenvalue weighted by Crippen LogP contribution is 2.13. The number of nitrogens with one attached hydrogen (secondary N) is 1. The number of imidazole rings is 1. The van der Waals surface area contributed by atoms with Crippen LogP contribution in [0.15, 0.2) is 16.8 Å². The van der Waals surface area contributed by atoms with E-state index in [2.05, 4.69) is 20.5 Å². The van der Waals surface area contributed by atoms with Crippen molar-refractivity contribution in [2.75, 3.05) is 11.1 Å². The fourth-order valence-corrected chi connectivity index (χ4v) is 1.07. The van der Waals surface area contributed by atoms with Crippen LogP contribution in [0.5, 0.6) is 0 Å². The molecular weight excluding hydrogens is 184 g/mol. The highest BCUT2D eigenvalue weighted by atomic mass is 16.4. The number of hydrogen-bond donors (Lipinski definition) is 2. The van der Waals surface area contributed by atoms with Crippen LogP contribution in [0, 0.1) is 0 Å². The van der Waals surface area contributed by atoms with Gasteiger partial charge in [-0.05, 0) is 6.92 Å². The first-order chi connectivity index (χ1) is 6.79. The Morgan fingerprint density at radius 1 is 1.57 bits per heavy atom. The van der Waals surface area contributed by atoms with Crippen molar-refractivity contribution in [2.24, 2.45) is 0 Å². The van der Waals surface area contributed by atoms with Gasteiger partial charge in [0.1, 0.15) is 0 Å². The zero-order valence-electron chi connectivity index (χ0n) is 7.64. The molecule has 0 saturated heterocycles. The molecule has 74 valence electrons. The van der Waals surface area contributed by atoms with Gasteiger partial charge in [0, 0.05) is 18.9 Å². The van der Waals surface area contributed by atoms with E-state index in [-0.39, 0.29) is 12.0 Å². The maximum Gasteiger partial charge on any atom is 0.323 e. The van der Waals surface area contributed by atoms with E-state index in [9.17, 15) is 0 Å². The lowest BCUT2D eigenvalue weighted by Crippen LogP contribution is -2.01. The molecule has 0 aliphatic carbocycles. The summed E-state index contributed by atoms with van der Waals surface area (Å²) in [5.41, 5.74) is 5.27. The molecule has 2 heterocycles. The fourth-order valence-electron chi connectivity index (χ4n) is 1.07. The minimum Gasteiger partial charge on any atom is -0.389 e. The largest absolute Gasteiger partial charge is 0.389 e. The summed E-state index contributed by atoms with van der Waals surface area (Å²) < 4.78 is 6.85. The molecule has 0 aromatic carbocycles. The van der Waals surface area contributed by atoms with Crippen LogP contribution >= 0.6 is 0 Å². The Hall–Kier alpha value is -2.05. The molecule has 0 bridgehead atoms. The van der Waals surface area contributed by atoms with Crippen molar-refractivity contribution in [1.82, 2.24) is 19.7 Å². The van der Waals surface area contributed by atoms with Gasteiger partial charge in [-0.3, -0.25) is 5.32 Å². The van der Waals surface area contributed by atoms with Gasteiger partial charge in [0.15, 0.2) is 0 Å². The van der Waals surface area contributed by atoms with Crippen molar-refractivity contribution < 1.29 is 4.42 Å². The van der Waals surface area contributed by atoms with Crippen LogP contribution in [0.1, 0.15) is 6.92 Å². The summed E-state index contributed by atoms with van der Waals surface area (Å²) >= 11 is 0.